The first-order valence-electron chi connectivity index (χ1n) is 3.71. The summed E-state index contributed by atoms with van der Waals surface area (Å²) in [5.74, 6) is 0. The third-order valence-corrected chi connectivity index (χ3v) is 1.51. The van der Waals surface area contributed by atoms with E-state index in [4.69, 9.17) is 0 Å². The van der Waals surface area contributed by atoms with Crippen molar-refractivity contribution in [2.45, 2.75) is 20.3 Å². The zero-order chi connectivity index (χ0) is 8.27. The van der Waals surface area contributed by atoms with Crippen LogP contribution in [0.3, 0.4) is 0 Å². The van der Waals surface area contributed by atoms with Crippen LogP contribution in [0.5, 0.6) is 0 Å². The van der Waals surface area contributed by atoms with Gasteiger partial charge in [0, 0.05) is 12.4 Å². The summed E-state index contributed by atoms with van der Waals surface area (Å²) < 4.78 is 0. The van der Waals surface area contributed by atoms with E-state index in [0.29, 0.717) is 0 Å². The van der Waals surface area contributed by atoms with Gasteiger partial charge in [0.2, 0.25) is 0 Å². The van der Waals surface area contributed by atoms with Crippen LogP contribution in [-0.2, 0) is 6.42 Å². The Hall–Kier alpha value is -1.18. The van der Waals surface area contributed by atoms with Gasteiger partial charge in [-0.3, -0.25) is 9.97 Å². The highest BCUT2D eigenvalue weighted by Gasteiger charge is 2.01. The lowest BCUT2D eigenvalue weighted by Crippen LogP contribution is -1.96. The zero-order valence-electron chi connectivity index (χ0n) is 6.96. The number of nitrogens with zero attached hydrogens (tertiary/aromatic N) is 2. The molecule has 0 bridgehead atoms. The molecule has 1 heterocycles. The Kier molecular flexibility index (Phi) is 2.36. The fraction of sp³-hybridized carbons (Fsp3) is 0.333. The molecule has 0 aliphatic heterocycles. The number of hydrogen-bond donors (Lipinski definition) is 0. The summed E-state index contributed by atoms with van der Waals surface area (Å²) in [6.45, 7) is 7.85. The highest BCUT2D eigenvalue weighted by molar-refractivity contribution is 5.59. The summed E-state index contributed by atoms with van der Waals surface area (Å²) in [6.07, 6.45) is 4.32. The Bertz CT molecular complexity index is 266. The first-order chi connectivity index (χ1) is 5.25. The molecule has 2 heteroatoms. The Labute approximate surface area is 67.0 Å². The van der Waals surface area contributed by atoms with Crippen molar-refractivity contribution in [1.82, 2.24) is 9.97 Å². The molecule has 0 aliphatic carbocycles. The summed E-state index contributed by atoms with van der Waals surface area (Å²) in [5, 5.41) is 0. The Morgan fingerprint density at radius 1 is 1.45 bits per heavy atom. The SMILES string of the molecule is C=C(C)c1nccnc1CC. The van der Waals surface area contributed by atoms with Crippen LogP contribution in [0.2, 0.25) is 0 Å². The summed E-state index contributed by atoms with van der Waals surface area (Å²) in [4.78, 5) is 8.38. The van der Waals surface area contributed by atoms with Crippen molar-refractivity contribution in [3.8, 4) is 0 Å². The smallest absolute Gasteiger partial charge is 0.0868 e. The van der Waals surface area contributed by atoms with Gasteiger partial charge in [-0.2, -0.15) is 0 Å². The average molecular weight is 148 g/mol. The molecular weight excluding hydrogens is 136 g/mol. The zero-order valence-corrected chi connectivity index (χ0v) is 6.96. The van der Waals surface area contributed by atoms with Gasteiger partial charge in [0.25, 0.3) is 0 Å². The monoisotopic (exact) mass is 148 g/mol. The normalized spacial score (nSPS) is 9.64. The molecule has 0 aromatic carbocycles. The van der Waals surface area contributed by atoms with E-state index in [0.717, 1.165) is 23.4 Å². The van der Waals surface area contributed by atoms with Gasteiger partial charge in [0.1, 0.15) is 0 Å². The summed E-state index contributed by atoms with van der Waals surface area (Å²) in [6, 6.07) is 0. The largest absolute Gasteiger partial charge is 0.257 e. The molecule has 1 aromatic rings. The van der Waals surface area contributed by atoms with Gasteiger partial charge in [-0.05, 0) is 18.9 Å². The Balaban J connectivity index is 3.12. The van der Waals surface area contributed by atoms with E-state index in [1.807, 2.05) is 6.92 Å². The van der Waals surface area contributed by atoms with Crippen molar-refractivity contribution < 1.29 is 0 Å². The van der Waals surface area contributed by atoms with Gasteiger partial charge in [-0.1, -0.05) is 13.5 Å². The first kappa shape index (κ1) is 7.92. The molecule has 0 saturated heterocycles. The van der Waals surface area contributed by atoms with Gasteiger partial charge in [-0.15, -0.1) is 0 Å². The highest BCUT2D eigenvalue weighted by Crippen LogP contribution is 2.11. The fourth-order valence-electron chi connectivity index (χ4n) is 0.982. The van der Waals surface area contributed by atoms with Crippen LogP contribution in [0.1, 0.15) is 25.2 Å². The van der Waals surface area contributed by atoms with E-state index in [9.17, 15) is 0 Å². The standard InChI is InChI=1S/C9H12N2/c1-4-8-9(7(2)3)11-6-5-10-8/h5-6H,2,4H2,1,3H3. The van der Waals surface area contributed by atoms with Gasteiger partial charge in [0.05, 0.1) is 11.4 Å². The predicted octanol–water partition coefficient (Wildman–Crippen LogP) is 2.07. The molecule has 0 aliphatic rings. The van der Waals surface area contributed by atoms with Crippen LogP contribution in [0.15, 0.2) is 19.0 Å². The Morgan fingerprint density at radius 3 is 2.55 bits per heavy atom. The van der Waals surface area contributed by atoms with Crippen molar-refractivity contribution in [2.24, 2.45) is 0 Å². The van der Waals surface area contributed by atoms with E-state index >= 15 is 0 Å². The first-order valence-corrected chi connectivity index (χ1v) is 3.71. The number of allylic oxidation sites excluding steroid dienone is 1. The van der Waals surface area contributed by atoms with Crippen LogP contribution in [0.4, 0.5) is 0 Å². The lowest BCUT2D eigenvalue weighted by Gasteiger charge is -2.02. The maximum Gasteiger partial charge on any atom is 0.0868 e. The lowest BCUT2D eigenvalue weighted by molar-refractivity contribution is 0.982. The maximum atomic E-state index is 4.20. The maximum absolute atomic E-state index is 4.20. The third kappa shape index (κ3) is 1.64. The van der Waals surface area contributed by atoms with Crippen molar-refractivity contribution in [3.63, 3.8) is 0 Å². The van der Waals surface area contributed by atoms with Gasteiger partial charge in [0.15, 0.2) is 0 Å². The lowest BCUT2D eigenvalue weighted by atomic mass is 10.1. The van der Waals surface area contributed by atoms with Crippen LogP contribution >= 0.6 is 0 Å². The highest BCUT2D eigenvalue weighted by atomic mass is 14.8. The summed E-state index contributed by atoms with van der Waals surface area (Å²) >= 11 is 0. The second-order valence-electron chi connectivity index (χ2n) is 2.49. The molecule has 0 N–H and O–H groups in total. The molecule has 0 unspecified atom stereocenters. The molecule has 0 fully saturated rings. The molecular formula is C9H12N2. The van der Waals surface area contributed by atoms with E-state index < -0.39 is 0 Å². The second-order valence-corrected chi connectivity index (χ2v) is 2.49. The van der Waals surface area contributed by atoms with Crippen molar-refractivity contribution in [3.05, 3.63) is 30.4 Å². The number of hydrogen-bond acceptors (Lipinski definition) is 2. The average Bonchev–Trinajstić information content (AvgIpc) is 2.04. The molecule has 11 heavy (non-hydrogen) atoms. The van der Waals surface area contributed by atoms with Gasteiger partial charge < -0.3 is 0 Å². The number of rotatable bonds is 2. The van der Waals surface area contributed by atoms with E-state index in [-0.39, 0.29) is 0 Å². The van der Waals surface area contributed by atoms with Gasteiger partial charge in [-0.25, -0.2) is 0 Å². The van der Waals surface area contributed by atoms with E-state index in [1.165, 1.54) is 0 Å². The molecule has 1 rings (SSSR count). The van der Waals surface area contributed by atoms with Gasteiger partial charge >= 0.3 is 0 Å². The molecule has 0 radical (unpaired) electrons. The van der Waals surface area contributed by atoms with E-state index in [2.05, 4.69) is 23.5 Å². The minimum absolute atomic E-state index is 0.913. The van der Waals surface area contributed by atoms with E-state index in [1.54, 1.807) is 12.4 Å². The van der Waals surface area contributed by atoms with Crippen molar-refractivity contribution in [1.29, 1.82) is 0 Å². The third-order valence-electron chi connectivity index (χ3n) is 1.51. The quantitative estimate of drug-likeness (QED) is 0.641. The summed E-state index contributed by atoms with van der Waals surface area (Å²) in [5.41, 5.74) is 2.95. The molecule has 1 aromatic heterocycles. The topological polar surface area (TPSA) is 25.8 Å². The molecule has 0 atom stereocenters. The Morgan fingerprint density at radius 2 is 2.09 bits per heavy atom. The summed E-state index contributed by atoms with van der Waals surface area (Å²) in [7, 11) is 0. The minimum Gasteiger partial charge on any atom is -0.257 e. The number of aryl methyl sites for hydroxylation is 1. The van der Waals surface area contributed by atoms with Crippen molar-refractivity contribution >= 4 is 5.57 Å². The van der Waals surface area contributed by atoms with Crippen molar-refractivity contribution in [2.75, 3.05) is 0 Å². The number of aromatic nitrogens is 2. The molecule has 58 valence electrons. The molecule has 2 nitrogen and oxygen atoms in total. The van der Waals surface area contributed by atoms with Crippen LogP contribution < -0.4 is 0 Å². The predicted molar refractivity (Wildman–Crippen MR) is 46.1 cm³/mol. The van der Waals surface area contributed by atoms with Crippen LogP contribution in [0, 0.1) is 0 Å². The fourth-order valence-corrected chi connectivity index (χ4v) is 0.982. The second kappa shape index (κ2) is 3.28. The molecule has 0 saturated carbocycles. The van der Waals surface area contributed by atoms with Crippen LogP contribution in [0.25, 0.3) is 5.57 Å². The molecule has 0 spiro atoms. The minimum atomic E-state index is 0.913. The van der Waals surface area contributed by atoms with Crippen LogP contribution in [-0.4, -0.2) is 9.97 Å². The molecule has 0 amide bonds.